The molecule has 27 heavy (non-hydrogen) atoms. The largest absolute Gasteiger partial charge is 0.496 e. The van der Waals surface area contributed by atoms with Crippen molar-refractivity contribution >= 4 is 17.2 Å². The van der Waals surface area contributed by atoms with Gasteiger partial charge in [0.25, 0.3) is 0 Å². The lowest BCUT2D eigenvalue weighted by atomic mass is 10.1. The summed E-state index contributed by atoms with van der Waals surface area (Å²) in [6.45, 7) is 2.43. The number of hydrogen-bond donors (Lipinski definition) is 1. The highest BCUT2D eigenvalue weighted by atomic mass is 32.1. The first kappa shape index (κ1) is 19.0. The van der Waals surface area contributed by atoms with Crippen LogP contribution in [-0.2, 0) is 17.6 Å². The van der Waals surface area contributed by atoms with Crippen LogP contribution in [0.5, 0.6) is 5.75 Å². The van der Waals surface area contributed by atoms with Crippen LogP contribution in [0.4, 0.5) is 4.39 Å². The molecule has 3 rings (SSSR count). The molecule has 1 aromatic heterocycles. The molecule has 4 nitrogen and oxygen atoms in total. The van der Waals surface area contributed by atoms with E-state index in [1.807, 2.05) is 31.2 Å². The molecular formula is C21H21FN2O2S. The number of rotatable bonds is 7. The van der Waals surface area contributed by atoms with Gasteiger partial charge in [0.05, 0.1) is 24.2 Å². The monoisotopic (exact) mass is 384 g/mol. The summed E-state index contributed by atoms with van der Waals surface area (Å²) < 4.78 is 18.5. The number of thiazole rings is 1. The van der Waals surface area contributed by atoms with Crippen LogP contribution >= 0.6 is 11.3 Å². The van der Waals surface area contributed by atoms with Crippen molar-refractivity contribution in [2.75, 3.05) is 13.7 Å². The molecule has 0 aliphatic carbocycles. The summed E-state index contributed by atoms with van der Waals surface area (Å²) in [6.07, 6.45) is 0.951. The number of hydrogen-bond acceptors (Lipinski definition) is 4. The van der Waals surface area contributed by atoms with Gasteiger partial charge in [-0.2, -0.15) is 0 Å². The topological polar surface area (TPSA) is 51.2 Å². The molecule has 0 spiro atoms. The fraction of sp³-hybridized carbons (Fsp3) is 0.238. The van der Waals surface area contributed by atoms with Gasteiger partial charge >= 0.3 is 0 Å². The van der Waals surface area contributed by atoms with E-state index in [-0.39, 0.29) is 18.1 Å². The molecule has 0 saturated heterocycles. The van der Waals surface area contributed by atoms with Gasteiger partial charge in [-0.05, 0) is 49.2 Å². The zero-order valence-corrected chi connectivity index (χ0v) is 16.1. The highest BCUT2D eigenvalue weighted by Crippen LogP contribution is 2.28. The molecule has 0 atom stereocenters. The first-order valence-corrected chi connectivity index (χ1v) is 9.49. The average Bonchev–Trinajstić information content (AvgIpc) is 3.02. The van der Waals surface area contributed by atoms with Crippen LogP contribution in [-0.4, -0.2) is 24.5 Å². The number of halogens is 1. The molecule has 6 heteroatoms. The number of amides is 1. The van der Waals surface area contributed by atoms with E-state index >= 15 is 0 Å². The quantitative estimate of drug-likeness (QED) is 0.665. The third-order valence-corrected chi connectivity index (χ3v) is 5.12. The summed E-state index contributed by atoms with van der Waals surface area (Å²) in [5.74, 6) is 0.474. The number of nitrogens with one attached hydrogen (secondary N) is 1. The van der Waals surface area contributed by atoms with E-state index in [1.54, 1.807) is 19.2 Å². The number of carbonyl (C=O) groups excluding carboxylic acids is 1. The average molecular weight is 384 g/mol. The Balaban J connectivity index is 1.62. The van der Waals surface area contributed by atoms with E-state index in [4.69, 9.17) is 4.74 Å². The Hall–Kier alpha value is -2.73. The number of carbonyl (C=O) groups is 1. The van der Waals surface area contributed by atoms with Gasteiger partial charge in [-0.15, -0.1) is 11.3 Å². The lowest BCUT2D eigenvalue weighted by Crippen LogP contribution is -2.27. The predicted molar refractivity (Wildman–Crippen MR) is 106 cm³/mol. The fourth-order valence-electron chi connectivity index (χ4n) is 2.88. The van der Waals surface area contributed by atoms with Crippen molar-refractivity contribution in [1.29, 1.82) is 0 Å². The number of para-hydroxylation sites is 1. The molecular weight excluding hydrogens is 363 g/mol. The number of nitrogens with zero attached hydrogens (tertiary/aromatic N) is 1. The van der Waals surface area contributed by atoms with Gasteiger partial charge in [0.1, 0.15) is 11.6 Å². The van der Waals surface area contributed by atoms with Crippen LogP contribution in [0.1, 0.15) is 15.4 Å². The van der Waals surface area contributed by atoms with Crippen molar-refractivity contribution < 1.29 is 13.9 Å². The second-order valence-corrected chi connectivity index (χ2v) is 7.39. The maximum atomic E-state index is 13.2. The first-order valence-electron chi connectivity index (χ1n) is 8.67. The van der Waals surface area contributed by atoms with E-state index in [9.17, 15) is 9.18 Å². The van der Waals surface area contributed by atoms with Crippen LogP contribution in [0.3, 0.4) is 0 Å². The van der Waals surface area contributed by atoms with Crippen molar-refractivity contribution in [1.82, 2.24) is 10.3 Å². The minimum atomic E-state index is -0.290. The normalized spacial score (nSPS) is 10.6. The molecule has 0 unspecified atom stereocenters. The Morgan fingerprint density at radius 1 is 1.19 bits per heavy atom. The van der Waals surface area contributed by atoms with Gasteiger partial charge in [-0.25, -0.2) is 9.37 Å². The summed E-state index contributed by atoms with van der Waals surface area (Å²) in [7, 11) is 1.64. The molecule has 1 amide bonds. The summed E-state index contributed by atoms with van der Waals surface area (Å²) >= 11 is 1.49. The number of methoxy groups -OCH3 is 1. The van der Waals surface area contributed by atoms with Gasteiger partial charge in [-0.3, -0.25) is 4.79 Å². The van der Waals surface area contributed by atoms with Crippen molar-refractivity contribution in [3.8, 4) is 17.0 Å². The molecule has 2 aromatic carbocycles. The van der Waals surface area contributed by atoms with Crippen molar-refractivity contribution in [3.63, 3.8) is 0 Å². The number of ether oxygens (including phenoxy) is 1. The van der Waals surface area contributed by atoms with E-state index < -0.39 is 0 Å². The van der Waals surface area contributed by atoms with Gasteiger partial charge in [0, 0.05) is 17.0 Å². The van der Waals surface area contributed by atoms with Crippen molar-refractivity contribution in [2.24, 2.45) is 0 Å². The Labute approximate surface area is 162 Å². The summed E-state index contributed by atoms with van der Waals surface area (Å²) in [5.41, 5.74) is 2.62. The third kappa shape index (κ3) is 4.92. The molecule has 0 aliphatic heterocycles. The maximum Gasteiger partial charge on any atom is 0.225 e. The Morgan fingerprint density at radius 3 is 2.67 bits per heavy atom. The second-order valence-electron chi connectivity index (χ2n) is 6.10. The molecule has 1 N–H and O–H groups in total. The van der Waals surface area contributed by atoms with Crippen LogP contribution in [0.2, 0.25) is 0 Å². The predicted octanol–water partition coefficient (Wildman–Crippen LogP) is 4.17. The molecule has 0 bridgehead atoms. The van der Waals surface area contributed by atoms with E-state index in [1.165, 1.54) is 23.5 Å². The number of benzene rings is 2. The standard InChI is InChI=1S/C21H21FN2O2S/c1-14-24-21(16-7-9-17(22)10-8-16)19(27-14)13-20(25)23-12-11-15-5-3-4-6-18(15)26-2/h3-10H,11-13H2,1-2H3,(H,23,25). The van der Waals surface area contributed by atoms with Crippen LogP contribution in [0.25, 0.3) is 11.3 Å². The fourth-order valence-corrected chi connectivity index (χ4v) is 3.83. The highest BCUT2D eigenvalue weighted by Gasteiger charge is 2.15. The van der Waals surface area contributed by atoms with Crippen LogP contribution < -0.4 is 10.1 Å². The van der Waals surface area contributed by atoms with Gasteiger partial charge in [0.15, 0.2) is 0 Å². The highest BCUT2D eigenvalue weighted by molar-refractivity contribution is 7.12. The SMILES string of the molecule is COc1ccccc1CCNC(=O)Cc1sc(C)nc1-c1ccc(F)cc1. The Morgan fingerprint density at radius 2 is 1.93 bits per heavy atom. The minimum absolute atomic E-state index is 0.0584. The van der Waals surface area contributed by atoms with Crippen LogP contribution in [0, 0.1) is 12.7 Å². The second kappa shape index (κ2) is 8.77. The molecule has 0 aliphatic rings. The maximum absolute atomic E-state index is 13.2. The van der Waals surface area contributed by atoms with E-state index in [0.29, 0.717) is 13.0 Å². The lowest BCUT2D eigenvalue weighted by Gasteiger charge is -2.09. The molecule has 140 valence electrons. The van der Waals surface area contributed by atoms with Crippen molar-refractivity contribution in [2.45, 2.75) is 19.8 Å². The Kier molecular flexibility index (Phi) is 6.19. The minimum Gasteiger partial charge on any atom is -0.496 e. The number of aryl methyl sites for hydroxylation is 1. The molecule has 0 radical (unpaired) electrons. The summed E-state index contributed by atoms with van der Waals surface area (Å²) in [4.78, 5) is 17.8. The zero-order chi connectivity index (χ0) is 19.2. The third-order valence-electron chi connectivity index (χ3n) is 4.15. The van der Waals surface area contributed by atoms with Gasteiger partial charge < -0.3 is 10.1 Å². The van der Waals surface area contributed by atoms with Gasteiger partial charge in [-0.1, -0.05) is 18.2 Å². The smallest absolute Gasteiger partial charge is 0.225 e. The van der Waals surface area contributed by atoms with E-state index in [2.05, 4.69) is 10.3 Å². The number of aromatic nitrogens is 1. The first-order chi connectivity index (χ1) is 13.1. The Bertz CT molecular complexity index is 922. The van der Waals surface area contributed by atoms with Crippen molar-refractivity contribution in [3.05, 3.63) is 69.8 Å². The summed E-state index contributed by atoms with van der Waals surface area (Å²) in [6, 6.07) is 14.0. The van der Waals surface area contributed by atoms with Gasteiger partial charge in [0.2, 0.25) is 5.91 Å². The van der Waals surface area contributed by atoms with Crippen LogP contribution in [0.15, 0.2) is 48.5 Å². The zero-order valence-electron chi connectivity index (χ0n) is 15.3. The summed E-state index contributed by atoms with van der Waals surface area (Å²) in [5, 5.41) is 3.83. The van der Waals surface area contributed by atoms with E-state index in [0.717, 1.165) is 32.5 Å². The molecule has 0 saturated carbocycles. The molecule has 0 fully saturated rings. The molecule has 3 aromatic rings. The molecule has 1 heterocycles. The lowest BCUT2D eigenvalue weighted by molar-refractivity contribution is -0.120.